The van der Waals surface area contributed by atoms with Gasteiger partial charge in [-0.25, -0.2) is 4.98 Å². The van der Waals surface area contributed by atoms with Gasteiger partial charge in [-0.3, -0.25) is 9.59 Å². The number of hydrogen-bond donors (Lipinski definition) is 0. The summed E-state index contributed by atoms with van der Waals surface area (Å²) in [6, 6.07) is 9.98. The molecule has 0 N–H and O–H groups in total. The summed E-state index contributed by atoms with van der Waals surface area (Å²) in [6.07, 6.45) is 6.75. The summed E-state index contributed by atoms with van der Waals surface area (Å²) in [6.45, 7) is 6.02. The lowest BCUT2D eigenvalue weighted by Gasteiger charge is -2.43. The van der Waals surface area contributed by atoms with Crippen molar-refractivity contribution in [2.24, 2.45) is 5.92 Å². The molecule has 5 rings (SSSR count). The molecular formula is C25H32N4O2. The van der Waals surface area contributed by atoms with Crippen LogP contribution < -0.4 is 10.5 Å². The molecule has 0 spiro atoms. The Labute approximate surface area is 183 Å². The summed E-state index contributed by atoms with van der Waals surface area (Å²) in [4.78, 5) is 35.5. The molecule has 1 amide bonds. The van der Waals surface area contributed by atoms with Gasteiger partial charge in [-0.15, -0.1) is 0 Å². The molecule has 3 aliphatic heterocycles. The smallest absolute Gasteiger partial charge is 0.263 e. The maximum absolute atomic E-state index is 13.4. The quantitative estimate of drug-likeness (QED) is 0.745. The van der Waals surface area contributed by atoms with Crippen LogP contribution in [0.25, 0.3) is 0 Å². The van der Waals surface area contributed by atoms with Crippen LogP contribution in [-0.2, 0) is 6.54 Å². The molecule has 31 heavy (non-hydrogen) atoms. The van der Waals surface area contributed by atoms with Crippen LogP contribution in [0.4, 0.5) is 5.82 Å². The lowest BCUT2D eigenvalue weighted by molar-refractivity contribution is 0.0739. The van der Waals surface area contributed by atoms with Gasteiger partial charge in [0.2, 0.25) is 0 Å². The maximum atomic E-state index is 13.4. The number of fused-ring (bicyclic) bond motifs is 4. The monoisotopic (exact) mass is 420 g/mol. The molecule has 3 aliphatic rings. The molecule has 164 valence electrons. The van der Waals surface area contributed by atoms with Crippen LogP contribution in [0, 0.1) is 12.8 Å². The van der Waals surface area contributed by atoms with E-state index in [4.69, 9.17) is 4.98 Å². The molecule has 0 aromatic carbocycles. The summed E-state index contributed by atoms with van der Waals surface area (Å²) in [5.41, 5.74) is 2.35. The molecule has 0 unspecified atom stereocenters. The minimum absolute atomic E-state index is 0.0801. The van der Waals surface area contributed by atoms with Gasteiger partial charge < -0.3 is 14.4 Å². The Balaban J connectivity index is 1.40. The van der Waals surface area contributed by atoms with Crippen molar-refractivity contribution in [1.29, 1.82) is 0 Å². The summed E-state index contributed by atoms with van der Waals surface area (Å²) >= 11 is 0. The van der Waals surface area contributed by atoms with Crippen molar-refractivity contribution in [1.82, 2.24) is 14.5 Å². The van der Waals surface area contributed by atoms with Crippen LogP contribution in [0.5, 0.6) is 0 Å². The number of carbonyl (C=O) groups excluding carboxylic acids is 1. The molecule has 0 saturated carbocycles. The summed E-state index contributed by atoms with van der Waals surface area (Å²) in [5, 5.41) is 0. The number of likely N-dealkylation sites (tertiary alicyclic amines) is 1. The van der Waals surface area contributed by atoms with E-state index in [2.05, 4.69) is 17.0 Å². The van der Waals surface area contributed by atoms with E-state index in [1.165, 1.54) is 19.3 Å². The first-order valence-electron chi connectivity index (χ1n) is 11.8. The second kappa shape index (κ2) is 8.48. The van der Waals surface area contributed by atoms with Gasteiger partial charge in [0.15, 0.2) is 0 Å². The van der Waals surface area contributed by atoms with E-state index in [1.807, 2.05) is 28.5 Å². The average Bonchev–Trinajstić information content (AvgIpc) is 2.74. The number of hydrogen-bond acceptors (Lipinski definition) is 4. The van der Waals surface area contributed by atoms with E-state index in [0.717, 1.165) is 62.6 Å². The molecular weight excluding hydrogens is 388 g/mol. The highest BCUT2D eigenvalue weighted by Crippen LogP contribution is 2.36. The zero-order valence-corrected chi connectivity index (χ0v) is 18.4. The van der Waals surface area contributed by atoms with Gasteiger partial charge in [0.05, 0.1) is 0 Å². The number of pyridine rings is 2. The van der Waals surface area contributed by atoms with Gasteiger partial charge in [-0.1, -0.05) is 25.3 Å². The first kappa shape index (κ1) is 20.3. The third-order valence-corrected chi connectivity index (χ3v) is 7.18. The van der Waals surface area contributed by atoms with Crippen molar-refractivity contribution in [2.75, 3.05) is 31.1 Å². The number of amides is 1. The number of nitrogens with zero attached hydrogens (tertiary/aromatic N) is 4. The van der Waals surface area contributed by atoms with Crippen LogP contribution in [0.2, 0.25) is 0 Å². The number of aromatic nitrogens is 2. The van der Waals surface area contributed by atoms with Gasteiger partial charge in [0.25, 0.3) is 11.5 Å². The Morgan fingerprint density at radius 2 is 1.74 bits per heavy atom. The molecule has 2 atom stereocenters. The highest BCUT2D eigenvalue weighted by atomic mass is 16.2. The molecule has 2 aromatic rings. The molecule has 2 fully saturated rings. The fraction of sp³-hybridized carbons (Fsp3) is 0.560. The zero-order valence-electron chi connectivity index (χ0n) is 18.4. The van der Waals surface area contributed by atoms with Crippen molar-refractivity contribution < 1.29 is 4.79 Å². The minimum atomic E-state index is -0.0959. The molecule has 2 bridgehead atoms. The molecule has 0 radical (unpaired) electrons. The SMILES string of the molecule is Cc1cccc(N2C[C@@H]3C[C@H](C2)c2ccc(C(=O)N4CCCCCCC4)c(=O)n2C3)n1. The van der Waals surface area contributed by atoms with Gasteiger partial charge in [-0.05, 0) is 56.4 Å². The van der Waals surface area contributed by atoms with Gasteiger partial charge in [0, 0.05) is 50.0 Å². The van der Waals surface area contributed by atoms with E-state index in [0.29, 0.717) is 23.9 Å². The second-order valence-corrected chi connectivity index (χ2v) is 9.49. The molecule has 5 heterocycles. The third kappa shape index (κ3) is 4.00. The lowest BCUT2D eigenvalue weighted by atomic mass is 9.83. The molecule has 2 saturated heterocycles. The normalized spacial score (nSPS) is 23.6. The number of rotatable bonds is 2. The topological polar surface area (TPSA) is 58.4 Å². The van der Waals surface area contributed by atoms with E-state index < -0.39 is 0 Å². The fourth-order valence-electron chi connectivity index (χ4n) is 5.62. The molecule has 6 heteroatoms. The Morgan fingerprint density at radius 1 is 0.968 bits per heavy atom. The predicted molar refractivity (Wildman–Crippen MR) is 122 cm³/mol. The van der Waals surface area contributed by atoms with Crippen LogP contribution in [-0.4, -0.2) is 46.5 Å². The predicted octanol–water partition coefficient (Wildman–Crippen LogP) is 3.58. The van der Waals surface area contributed by atoms with Crippen molar-refractivity contribution in [3.8, 4) is 0 Å². The van der Waals surface area contributed by atoms with Gasteiger partial charge >= 0.3 is 0 Å². The van der Waals surface area contributed by atoms with Gasteiger partial charge in [0.1, 0.15) is 11.4 Å². The standard InChI is InChI=1S/C25H32N4O2/c1-18-8-7-9-23(26-18)28-15-19-14-20(17-28)22-11-10-21(25(31)29(22)16-19)24(30)27-12-5-3-2-4-6-13-27/h7-11,19-20H,2-6,12-17H2,1H3/t19-,20+/m0/s1. The van der Waals surface area contributed by atoms with E-state index in [-0.39, 0.29) is 11.5 Å². The summed E-state index contributed by atoms with van der Waals surface area (Å²) < 4.78 is 1.90. The van der Waals surface area contributed by atoms with Crippen molar-refractivity contribution in [2.45, 2.75) is 57.9 Å². The first-order chi connectivity index (χ1) is 15.1. The van der Waals surface area contributed by atoms with E-state index >= 15 is 0 Å². The Kier molecular flexibility index (Phi) is 5.55. The minimum Gasteiger partial charge on any atom is -0.356 e. The number of aryl methyl sites for hydroxylation is 1. The maximum Gasteiger partial charge on any atom is 0.263 e. The van der Waals surface area contributed by atoms with Crippen LogP contribution in [0.3, 0.4) is 0 Å². The van der Waals surface area contributed by atoms with Crippen molar-refractivity contribution >= 4 is 11.7 Å². The van der Waals surface area contributed by atoms with Crippen LogP contribution >= 0.6 is 0 Å². The van der Waals surface area contributed by atoms with Crippen molar-refractivity contribution in [3.63, 3.8) is 0 Å². The average molecular weight is 421 g/mol. The fourth-order valence-corrected chi connectivity index (χ4v) is 5.62. The van der Waals surface area contributed by atoms with E-state index in [1.54, 1.807) is 6.07 Å². The zero-order chi connectivity index (χ0) is 21.4. The highest BCUT2D eigenvalue weighted by Gasteiger charge is 2.36. The summed E-state index contributed by atoms with van der Waals surface area (Å²) in [7, 11) is 0. The Hall–Kier alpha value is -2.63. The number of carbonyl (C=O) groups is 1. The third-order valence-electron chi connectivity index (χ3n) is 7.18. The van der Waals surface area contributed by atoms with E-state index in [9.17, 15) is 9.59 Å². The highest BCUT2D eigenvalue weighted by molar-refractivity contribution is 5.93. The summed E-state index contributed by atoms with van der Waals surface area (Å²) in [5.74, 6) is 1.64. The first-order valence-corrected chi connectivity index (χ1v) is 11.8. The van der Waals surface area contributed by atoms with Gasteiger partial charge in [-0.2, -0.15) is 0 Å². The molecule has 0 aliphatic carbocycles. The lowest BCUT2D eigenvalue weighted by Crippen LogP contribution is -2.48. The van der Waals surface area contributed by atoms with Crippen molar-refractivity contribution in [3.05, 3.63) is 57.6 Å². The molecule has 6 nitrogen and oxygen atoms in total. The van der Waals surface area contributed by atoms with Crippen LogP contribution in [0.1, 0.15) is 66.2 Å². The Bertz CT molecular complexity index is 1020. The second-order valence-electron chi connectivity index (χ2n) is 9.49. The number of piperidine rings is 1. The molecule has 2 aromatic heterocycles. The Morgan fingerprint density at radius 3 is 2.52 bits per heavy atom. The number of anilines is 1. The largest absolute Gasteiger partial charge is 0.356 e. The van der Waals surface area contributed by atoms with Crippen LogP contribution in [0.15, 0.2) is 35.1 Å².